The van der Waals surface area contributed by atoms with Gasteiger partial charge in [0.2, 0.25) is 0 Å². The van der Waals surface area contributed by atoms with Gasteiger partial charge in [0, 0.05) is 19.6 Å². The lowest BCUT2D eigenvalue weighted by atomic mass is 10.1. The van der Waals surface area contributed by atoms with Crippen LogP contribution in [0.1, 0.15) is 26.7 Å². The minimum absolute atomic E-state index is 0.230. The molecule has 0 aromatic heterocycles. The van der Waals surface area contributed by atoms with E-state index < -0.39 is 6.10 Å². The van der Waals surface area contributed by atoms with Gasteiger partial charge in [-0.05, 0) is 30.9 Å². The third kappa shape index (κ3) is 4.18. The predicted molar refractivity (Wildman–Crippen MR) is 77.3 cm³/mol. The summed E-state index contributed by atoms with van der Waals surface area (Å²) in [6, 6.07) is 6.37. The maximum Gasteiger partial charge on any atom is 0.165 e. The van der Waals surface area contributed by atoms with Crippen molar-refractivity contribution in [2.75, 3.05) is 19.6 Å². The lowest BCUT2D eigenvalue weighted by molar-refractivity contribution is 0.0328. The van der Waals surface area contributed by atoms with Gasteiger partial charge in [-0.1, -0.05) is 26.0 Å². The fourth-order valence-electron chi connectivity index (χ4n) is 2.65. The molecule has 112 valence electrons. The summed E-state index contributed by atoms with van der Waals surface area (Å²) in [5.74, 6) is 0.466. The van der Waals surface area contributed by atoms with Crippen LogP contribution in [0.5, 0.6) is 5.75 Å². The predicted octanol–water partition coefficient (Wildman–Crippen LogP) is 2.69. The molecule has 1 saturated heterocycles. The highest BCUT2D eigenvalue weighted by Crippen LogP contribution is 2.22. The van der Waals surface area contributed by atoms with E-state index in [-0.39, 0.29) is 17.7 Å². The van der Waals surface area contributed by atoms with Crippen LogP contribution in [0, 0.1) is 11.7 Å². The molecule has 1 aromatic rings. The third-order valence-electron chi connectivity index (χ3n) is 3.64. The molecule has 0 saturated carbocycles. The molecule has 1 aliphatic rings. The van der Waals surface area contributed by atoms with Crippen LogP contribution >= 0.6 is 0 Å². The van der Waals surface area contributed by atoms with Gasteiger partial charge in [-0.15, -0.1) is 0 Å². The molecule has 1 fully saturated rings. The fourth-order valence-corrected chi connectivity index (χ4v) is 2.65. The number of hydrogen-bond acceptors (Lipinski definition) is 3. The van der Waals surface area contributed by atoms with Gasteiger partial charge in [0.25, 0.3) is 0 Å². The zero-order valence-corrected chi connectivity index (χ0v) is 12.3. The highest BCUT2D eigenvalue weighted by molar-refractivity contribution is 5.24. The quantitative estimate of drug-likeness (QED) is 0.921. The number of likely N-dealkylation sites (tertiary alicyclic amines) is 1. The summed E-state index contributed by atoms with van der Waals surface area (Å²) < 4.78 is 19.3. The molecular formula is C16H24FNO2. The summed E-state index contributed by atoms with van der Waals surface area (Å²) in [6.45, 7) is 7.16. The molecule has 20 heavy (non-hydrogen) atoms. The summed E-state index contributed by atoms with van der Waals surface area (Å²) in [5, 5.41) is 10.2. The van der Waals surface area contributed by atoms with E-state index in [9.17, 15) is 9.50 Å². The van der Waals surface area contributed by atoms with Crippen LogP contribution in [-0.2, 0) is 0 Å². The Hall–Kier alpha value is -1.13. The number of benzene rings is 1. The first-order valence-electron chi connectivity index (χ1n) is 7.38. The van der Waals surface area contributed by atoms with E-state index in [1.165, 1.54) is 6.07 Å². The van der Waals surface area contributed by atoms with Gasteiger partial charge in [0.1, 0.15) is 6.10 Å². The van der Waals surface area contributed by atoms with Crippen LogP contribution in [0.3, 0.4) is 0 Å². The normalized spacial score (nSPS) is 24.6. The lowest BCUT2D eigenvalue weighted by Gasteiger charge is -2.22. The van der Waals surface area contributed by atoms with E-state index in [1.807, 2.05) is 0 Å². The van der Waals surface area contributed by atoms with Crippen LogP contribution < -0.4 is 4.74 Å². The number of aliphatic hydroxyl groups is 1. The number of aliphatic hydroxyl groups excluding tert-OH is 1. The van der Waals surface area contributed by atoms with E-state index in [0.717, 1.165) is 26.1 Å². The number of ether oxygens (including phenoxy) is 1. The summed E-state index contributed by atoms with van der Waals surface area (Å²) in [4.78, 5) is 2.35. The van der Waals surface area contributed by atoms with Crippen molar-refractivity contribution in [2.24, 2.45) is 5.92 Å². The molecule has 0 amide bonds. The molecule has 4 heteroatoms. The Labute approximate surface area is 120 Å². The molecule has 1 aromatic carbocycles. The number of nitrogens with zero attached hydrogens (tertiary/aromatic N) is 1. The third-order valence-corrected chi connectivity index (χ3v) is 3.64. The minimum Gasteiger partial charge on any atom is -0.485 e. The molecule has 2 rings (SSSR count). The van der Waals surface area contributed by atoms with Crippen LogP contribution in [0.4, 0.5) is 4.39 Å². The molecule has 3 nitrogen and oxygen atoms in total. The van der Waals surface area contributed by atoms with Gasteiger partial charge in [-0.2, -0.15) is 0 Å². The lowest BCUT2D eigenvalue weighted by Crippen LogP contribution is -2.31. The Morgan fingerprint density at radius 3 is 2.70 bits per heavy atom. The van der Waals surface area contributed by atoms with E-state index in [4.69, 9.17) is 4.74 Å². The van der Waals surface area contributed by atoms with Gasteiger partial charge < -0.3 is 14.7 Å². The van der Waals surface area contributed by atoms with Crippen molar-refractivity contribution in [1.29, 1.82) is 0 Å². The van der Waals surface area contributed by atoms with Gasteiger partial charge >= 0.3 is 0 Å². The molecule has 1 N–H and O–H groups in total. The molecule has 2 atom stereocenters. The monoisotopic (exact) mass is 281 g/mol. The topological polar surface area (TPSA) is 32.7 Å². The van der Waals surface area contributed by atoms with Gasteiger partial charge in [-0.25, -0.2) is 4.39 Å². The van der Waals surface area contributed by atoms with Crippen LogP contribution in [0.25, 0.3) is 0 Å². The Morgan fingerprint density at radius 1 is 1.30 bits per heavy atom. The Balaban J connectivity index is 1.96. The standard InChI is InChI=1S/C16H24FNO2/c1-12(2)11-18-9-7-14(19)16(8-10-18)20-15-6-4-3-5-13(15)17/h3-6,12,14,16,19H,7-11H2,1-2H3/t14-,16-/m0/s1. The second-order valence-electron chi connectivity index (χ2n) is 5.93. The largest absolute Gasteiger partial charge is 0.485 e. The first-order valence-corrected chi connectivity index (χ1v) is 7.38. The maximum absolute atomic E-state index is 13.6. The van der Waals surface area contributed by atoms with Crippen molar-refractivity contribution in [2.45, 2.75) is 38.9 Å². The smallest absolute Gasteiger partial charge is 0.165 e. The van der Waals surface area contributed by atoms with Gasteiger partial charge in [0.05, 0.1) is 6.10 Å². The van der Waals surface area contributed by atoms with Crippen molar-refractivity contribution in [3.63, 3.8) is 0 Å². The van der Waals surface area contributed by atoms with Crippen molar-refractivity contribution in [3.05, 3.63) is 30.1 Å². The number of rotatable bonds is 4. The van der Waals surface area contributed by atoms with E-state index in [1.54, 1.807) is 18.2 Å². The summed E-state index contributed by atoms with van der Waals surface area (Å²) >= 11 is 0. The van der Waals surface area contributed by atoms with E-state index >= 15 is 0 Å². The van der Waals surface area contributed by atoms with Crippen molar-refractivity contribution >= 4 is 0 Å². The SMILES string of the molecule is CC(C)CN1CC[C@H](Oc2ccccc2F)[C@@H](O)CC1. The van der Waals surface area contributed by atoms with Gasteiger partial charge in [-0.3, -0.25) is 0 Å². The minimum atomic E-state index is -0.535. The molecule has 1 aliphatic heterocycles. The summed E-state index contributed by atoms with van der Waals surface area (Å²) in [7, 11) is 0. The second kappa shape index (κ2) is 7.04. The summed E-state index contributed by atoms with van der Waals surface area (Å²) in [6.07, 6.45) is 0.532. The Bertz CT molecular complexity index is 425. The Kier molecular flexibility index (Phi) is 5.38. The van der Waals surface area contributed by atoms with E-state index in [2.05, 4.69) is 18.7 Å². The molecule has 0 unspecified atom stereocenters. The van der Waals surface area contributed by atoms with Crippen LogP contribution in [-0.4, -0.2) is 41.8 Å². The number of halogens is 1. The Morgan fingerprint density at radius 2 is 2.00 bits per heavy atom. The summed E-state index contributed by atoms with van der Waals surface area (Å²) in [5.41, 5.74) is 0. The van der Waals surface area contributed by atoms with Crippen molar-refractivity contribution in [1.82, 2.24) is 4.90 Å². The molecule has 1 heterocycles. The molecule has 0 spiro atoms. The van der Waals surface area contributed by atoms with Crippen molar-refractivity contribution < 1.29 is 14.2 Å². The average Bonchev–Trinajstić information content (AvgIpc) is 2.56. The van der Waals surface area contributed by atoms with Crippen LogP contribution in [0.2, 0.25) is 0 Å². The maximum atomic E-state index is 13.6. The molecule has 0 radical (unpaired) electrons. The molecule has 0 bridgehead atoms. The highest BCUT2D eigenvalue weighted by Gasteiger charge is 2.27. The number of hydrogen-bond donors (Lipinski definition) is 1. The fraction of sp³-hybridized carbons (Fsp3) is 0.625. The van der Waals surface area contributed by atoms with Crippen LogP contribution in [0.15, 0.2) is 24.3 Å². The zero-order chi connectivity index (χ0) is 14.5. The molecule has 0 aliphatic carbocycles. The zero-order valence-electron chi connectivity index (χ0n) is 12.3. The number of para-hydroxylation sites is 1. The average molecular weight is 281 g/mol. The first-order chi connectivity index (χ1) is 9.56. The molecular weight excluding hydrogens is 257 g/mol. The second-order valence-corrected chi connectivity index (χ2v) is 5.93. The van der Waals surface area contributed by atoms with E-state index in [0.29, 0.717) is 12.3 Å². The first kappa shape index (κ1) is 15.3. The van der Waals surface area contributed by atoms with Crippen molar-refractivity contribution in [3.8, 4) is 5.75 Å². The van der Waals surface area contributed by atoms with Gasteiger partial charge in [0.15, 0.2) is 11.6 Å². The highest BCUT2D eigenvalue weighted by atomic mass is 19.1.